The largest absolute Gasteiger partial charge is 0.388 e. The molecule has 4 nitrogen and oxygen atoms in total. The van der Waals surface area contributed by atoms with Crippen LogP contribution < -0.4 is 4.74 Å². The van der Waals surface area contributed by atoms with Crippen LogP contribution in [0.3, 0.4) is 0 Å². The third-order valence-corrected chi connectivity index (χ3v) is 6.25. The average Bonchev–Trinajstić information content (AvgIpc) is 2.86. The maximum absolute atomic E-state index is 12.4. The average molecular weight is 465 g/mol. The summed E-state index contributed by atoms with van der Waals surface area (Å²) >= 11 is 0. The molecule has 0 aliphatic carbocycles. The Kier molecular flexibility index (Phi) is 14.6. The number of hydrogen-bond acceptors (Lipinski definition) is 4. The van der Waals surface area contributed by atoms with Crippen molar-refractivity contribution in [2.75, 3.05) is 0 Å². The minimum Gasteiger partial charge on any atom is -0.388 e. The van der Waals surface area contributed by atoms with Crippen LogP contribution in [0.25, 0.3) is 0 Å². The van der Waals surface area contributed by atoms with E-state index in [-0.39, 0.29) is 11.9 Å². The first kappa shape index (κ1) is 27.8. The van der Waals surface area contributed by atoms with Crippen molar-refractivity contribution in [3.8, 4) is 6.01 Å². The third kappa shape index (κ3) is 12.1. The van der Waals surface area contributed by atoms with Gasteiger partial charge in [0, 0.05) is 24.4 Å². The van der Waals surface area contributed by atoms with E-state index in [1.54, 1.807) is 12.4 Å². The van der Waals surface area contributed by atoms with E-state index >= 15 is 0 Å². The van der Waals surface area contributed by atoms with E-state index < -0.39 is 5.97 Å². The van der Waals surface area contributed by atoms with Gasteiger partial charge in [-0.05, 0) is 30.4 Å². The number of nitrogens with zero attached hydrogens (tertiary/aromatic N) is 2. The van der Waals surface area contributed by atoms with E-state index in [9.17, 15) is 4.79 Å². The van der Waals surface area contributed by atoms with Gasteiger partial charge in [-0.3, -0.25) is 0 Å². The van der Waals surface area contributed by atoms with Crippen LogP contribution in [0.2, 0.25) is 0 Å². The lowest BCUT2D eigenvalue weighted by molar-refractivity contribution is -0.129. The van der Waals surface area contributed by atoms with Crippen molar-refractivity contribution < 1.29 is 9.53 Å². The van der Waals surface area contributed by atoms with Crippen LogP contribution in [0, 0.1) is 0 Å². The fraction of sp³-hybridized carbons (Fsp3) is 0.567. The lowest BCUT2D eigenvalue weighted by atomic mass is 9.92. The molecule has 0 spiro atoms. The predicted octanol–water partition coefficient (Wildman–Crippen LogP) is 8.38. The molecule has 34 heavy (non-hydrogen) atoms. The Morgan fingerprint density at radius 1 is 0.824 bits per heavy atom. The standard InChI is InChI=1S/C30H44N2O2/c1-3-5-7-9-11-14-18-26-24-31-30(32-25-26)34-29(33)23-22-28(27-19-16-13-17-20-27)21-15-12-10-8-6-4-2/h13,16-17,19-20,22-25,28H,3-12,14-15,18,21H2,1-2H3/b23-22+. The minimum absolute atomic E-state index is 0.119. The Hall–Kier alpha value is -2.49. The topological polar surface area (TPSA) is 52.1 Å². The fourth-order valence-corrected chi connectivity index (χ4v) is 4.17. The number of carbonyl (C=O) groups excluding carboxylic acids is 1. The summed E-state index contributed by atoms with van der Waals surface area (Å²) in [6.07, 6.45) is 24.2. The summed E-state index contributed by atoms with van der Waals surface area (Å²) in [6.45, 7) is 4.48. The highest BCUT2D eigenvalue weighted by Crippen LogP contribution is 2.24. The van der Waals surface area contributed by atoms with Crippen molar-refractivity contribution in [3.05, 3.63) is 66.0 Å². The van der Waals surface area contributed by atoms with Crippen LogP contribution in [0.1, 0.15) is 114 Å². The van der Waals surface area contributed by atoms with Gasteiger partial charge in [0.2, 0.25) is 0 Å². The molecule has 0 aliphatic heterocycles. The number of aryl methyl sites for hydroxylation is 1. The smallest absolute Gasteiger partial charge is 0.338 e. The van der Waals surface area contributed by atoms with Gasteiger partial charge < -0.3 is 4.74 Å². The summed E-state index contributed by atoms with van der Waals surface area (Å²) in [7, 11) is 0. The number of aromatic nitrogens is 2. The second kappa shape index (κ2) is 17.9. The van der Waals surface area contributed by atoms with Crippen molar-refractivity contribution >= 4 is 5.97 Å². The molecule has 186 valence electrons. The Morgan fingerprint density at radius 3 is 2.06 bits per heavy atom. The number of allylic oxidation sites excluding steroid dienone is 1. The van der Waals surface area contributed by atoms with Crippen LogP contribution in [0.5, 0.6) is 6.01 Å². The number of rotatable bonds is 18. The number of ether oxygens (including phenoxy) is 1. The Morgan fingerprint density at radius 2 is 1.41 bits per heavy atom. The zero-order valence-corrected chi connectivity index (χ0v) is 21.4. The van der Waals surface area contributed by atoms with Gasteiger partial charge in [0.1, 0.15) is 0 Å². The number of esters is 1. The zero-order chi connectivity index (χ0) is 24.3. The molecule has 0 saturated heterocycles. The van der Waals surface area contributed by atoms with Crippen molar-refractivity contribution in [1.29, 1.82) is 0 Å². The summed E-state index contributed by atoms with van der Waals surface area (Å²) in [6, 6.07) is 10.5. The van der Waals surface area contributed by atoms with Crippen LogP contribution in [0.4, 0.5) is 0 Å². The van der Waals surface area contributed by atoms with E-state index in [4.69, 9.17) is 4.74 Å². The fourth-order valence-electron chi connectivity index (χ4n) is 4.17. The highest BCUT2D eigenvalue weighted by Gasteiger charge is 2.10. The summed E-state index contributed by atoms with van der Waals surface area (Å²) in [5, 5.41) is 0. The molecule has 2 rings (SSSR count). The maximum atomic E-state index is 12.4. The summed E-state index contributed by atoms with van der Waals surface area (Å²) in [4.78, 5) is 20.8. The molecule has 1 heterocycles. The summed E-state index contributed by atoms with van der Waals surface area (Å²) < 4.78 is 5.35. The number of hydrogen-bond donors (Lipinski definition) is 0. The molecule has 1 aromatic heterocycles. The van der Waals surface area contributed by atoms with Crippen molar-refractivity contribution in [2.45, 2.75) is 110 Å². The van der Waals surface area contributed by atoms with Gasteiger partial charge in [0.15, 0.2) is 0 Å². The second-order valence-corrected chi connectivity index (χ2v) is 9.25. The lowest BCUT2D eigenvalue weighted by Crippen LogP contribution is -2.08. The molecule has 0 aliphatic rings. The van der Waals surface area contributed by atoms with Crippen LogP contribution in [-0.4, -0.2) is 15.9 Å². The quantitative estimate of drug-likeness (QED) is 0.126. The highest BCUT2D eigenvalue weighted by molar-refractivity contribution is 5.83. The van der Waals surface area contributed by atoms with Gasteiger partial charge in [-0.2, -0.15) is 0 Å². The van der Waals surface area contributed by atoms with E-state index in [0.717, 1.165) is 31.2 Å². The zero-order valence-electron chi connectivity index (χ0n) is 21.4. The summed E-state index contributed by atoms with van der Waals surface area (Å²) in [5.74, 6) is -0.215. The molecule has 1 aromatic carbocycles. The molecular weight excluding hydrogens is 420 g/mol. The van der Waals surface area contributed by atoms with Crippen LogP contribution >= 0.6 is 0 Å². The Labute approximate surface area is 207 Å². The van der Waals surface area contributed by atoms with Crippen LogP contribution in [-0.2, 0) is 11.2 Å². The van der Waals surface area contributed by atoms with E-state index in [1.165, 1.54) is 75.8 Å². The van der Waals surface area contributed by atoms with Gasteiger partial charge in [-0.15, -0.1) is 0 Å². The third-order valence-electron chi connectivity index (χ3n) is 6.25. The molecule has 2 aromatic rings. The van der Waals surface area contributed by atoms with Gasteiger partial charge in [-0.1, -0.05) is 121 Å². The molecule has 0 saturated carbocycles. The summed E-state index contributed by atoms with van der Waals surface area (Å²) in [5.41, 5.74) is 2.32. The maximum Gasteiger partial charge on any atom is 0.338 e. The second-order valence-electron chi connectivity index (χ2n) is 9.25. The monoisotopic (exact) mass is 464 g/mol. The Balaban J connectivity index is 1.80. The molecule has 1 atom stereocenters. The van der Waals surface area contributed by atoms with E-state index in [2.05, 4.69) is 48.1 Å². The first-order valence-electron chi connectivity index (χ1n) is 13.5. The van der Waals surface area contributed by atoms with Crippen molar-refractivity contribution in [1.82, 2.24) is 9.97 Å². The first-order valence-corrected chi connectivity index (χ1v) is 13.5. The lowest BCUT2D eigenvalue weighted by Gasteiger charge is -2.13. The van der Waals surface area contributed by atoms with Crippen LogP contribution in [0.15, 0.2) is 54.9 Å². The van der Waals surface area contributed by atoms with Gasteiger partial charge in [0.05, 0.1) is 0 Å². The molecule has 0 amide bonds. The highest BCUT2D eigenvalue weighted by atomic mass is 16.5. The predicted molar refractivity (Wildman–Crippen MR) is 141 cm³/mol. The molecule has 0 fully saturated rings. The molecule has 0 bridgehead atoms. The minimum atomic E-state index is -0.424. The van der Waals surface area contributed by atoms with Gasteiger partial charge in [-0.25, -0.2) is 14.8 Å². The number of carbonyl (C=O) groups is 1. The number of unbranched alkanes of at least 4 members (excludes halogenated alkanes) is 10. The van der Waals surface area contributed by atoms with Crippen molar-refractivity contribution in [3.63, 3.8) is 0 Å². The van der Waals surface area contributed by atoms with E-state index in [0.29, 0.717) is 0 Å². The molecule has 0 N–H and O–H groups in total. The Bertz CT molecular complexity index is 802. The van der Waals surface area contributed by atoms with Crippen molar-refractivity contribution in [2.24, 2.45) is 0 Å². The van der Waals surface area contributed by atoms with Gasteiger partial charge >= 0.3 is 12.0 Å². The van der Waals surface area contributed by atoms with Gasteiger partial charge in [0.25, 0.3) is 0 Å². The molecule has 1 unspecified atom stereocenters. The normalized spacial score (nSPS) is 12.2. The van der Waals surface area contributed by atoms with E-state index in [1.807, 2.05) is 12.1 Å². The molecule has 0 radical (unpaired) electrons. The number of benzene rings is 1. The molecule has 4 heteroatoms. The molecular formula is C30H44N2O2. The first-order chi connectivity index (χ1) is 16.7. The SMILES string of the molecule is CCCCCCCCc1cnc(OC(=O)/C=C/C(CCCCCCCC)c2ccccc2)nc1.